The minimum atomic E-state index is -0.310. The Labute approximate surface area is 148 Å². The summed E-state index contributed by atoms with van der Waals surface area (Å²) < 4.78 is 7.10. The van der Waals surface area contributed by atoms with E-state index in [0.29, 0.717) is 11.6 Å². The van der Waals surface area contributed by atoms with Gasteiger partial charge in [-0.1, -0.05) is 25.0 Å². The third-order valence-corrected chi connectivity index (χ3v) is 5.56. The fourth-order valence-corrected chi connectivity index (χ4v) is 3.95. The maximum Gasteiger partial charge on any atom is 0.270 e. The first-order valence-electron chi connectivity index (χ1n) is 9.12. The van der Waals surface area contributed by atoms with Crippen molar-refractivity contribution in [3.63, 3.8) is 0 Å². The molecule has 132 valence electrons. The van der Waals surface area contributed by atoms with Gasteiger partial charge in [0.1, 0.15) is 11.4 Å². The second kappa shape index (κ2) is 6.21. The highest BCUT2D eigenvalue weighted by Gasteiger charge is 2.38. The average Bonchev–Trinajstić information content (AvgIpc) is 3.24. The van der Waals surface area contributed by atoms with Gasteiger partial charge in [-0.25, -0.2) is 0 Å². The highest BCUT2D eigenvalue weighted by atomic mass is 16.5. The Morgan fingerprint density at radius 1 is 1.28 bits per heavy atom. The monoisotopic (exact) mass is 339 g/mol. The molecule has 2 fully saturated rings. The fraction of sp³-hybridized carbons (Fsp3) is 0.500. The summed E-state index contributed by atoms with van der Waals surface area (Å²) in [5.41, 5.74) is 2.52. The lowest BCUT2D eigenvalue weighted by Crippen LogP contribution is -2.44. The van der Waals surface area contributed by atoms with Crippen molar-refractivity contribution in [2.45, 2.75) is 50.0 Å². The quantitative estimate of drug-likeness (QED) is 0.907. The first-order chi connectivity index (χ1) is 12.1. The van der Waals surface area contributed by atoms with E-state index in [1.165, 1.54) is 12.8 Å². The van der Waals surface area contributed by atoms with Gasteiger partial charge in [0.05, 0.1) is 18.3 Å². The molecule has 1 aromatic carbocycles. The third kappa shape index (κ3) is 3.03. The highest BCUT2D eigenvalue weighted by Crippen LogP contribution is 2.41. The molecule has 0 spiro atoms. The molecule has 5 heteroatoms. The van der Waals surface area contributed by atoms with Gasteiger partial charge in [-0.3, -0.25) is 9.48 Å². The van der Waals surface area contributed by atoms with Gasteiger partial charge in [0, 0.05) is 13.0 Å². The first kappa shape index (κ1) is 16.2. The summed E-state index contributed by atoms with van der Waals surface area (Å²) in [6, 6.07) is 10.0. The van der Waals surface area contributed by atoms with E-state index >= 15 is 0 Å². The van der Waals surface area contributed by atoms with Gasteiger partial charge < -0.3 is 10.1 Å². The number of nitrogens with one attached hydrogen (secondary N) is 1. The number of carbonyl (C=O) groups excluding carboxylic acids is 1. The molecule has 0 unspecified atom stereocenters. The fourth-order valence-electron chi connectivity index (χ4n) is 3.95. The molecule has 1 heterocycles. The number of hydrogen-bond donors (Lipinski definition) is 1. The topological polar surface area (TPSA) is 56.1 Å². The first-order valence-corrected chi connectivity index (χ1v) is 9.12. The van der Waals surface area contributed by atoms with Gasteiger partial charge in [-0.15, -0.1) is 0 Å². The Balaban J connectivity index is 1.62. The van der Waals surface area contributed by atoms with E-state index in [4.69, 9.17) is 4.74 Å². The van der Waals surface area contributed by atoms with Crippen LogP contribution in [0.1, 0.15) is 66.2 Å². The van der Waals surface area contributed by atoms with Crippen LogP contribution >= 0.6 is 0 Å². The highest BCUT2D eigenvalue weighted by molar-refractivity contribution is 5.93. The van der Waals surface area contributed by atoms with Gasteiger partial charge in [-0.2, -0.15) is 5.10 Å². The number of hydrogen-bond acceptors (Lipinski definition) is 3. The van der Waals surface area contributed by atoms with Crippen LogP contribution in [-0.2, 0) is 12.6 Å². The number of amides is 1. The second-order valence-electron chi connectivity index (χ2n) is 7.33. The van der Waals surface area contributed by atoms with Crippen molar-refractivity contribution in [1.29, 1.82) is 0 Å². The molecule has 25 heavy (non-hydrogen) atoms. The number of benzene rings is 1. The van der Waals surface area contributed by atoms with Gasteiger partial charge in [-0.05, 0) is 49.4 Å². The minimum absolute atomic E-state index is 0.0355. The molecular formula is C20H25N3O2. The van der Waals surface area contributed by atoms with E-state index in [9.17, 15) is 4.79 Å². The van der Waals surface area contributed by atoms with E-state index in [2.05, 4.69) is 16.5 Å². The molecule has 1 aromatic heterocycles. The summed E-state index contributed by atoms with van der Waals surface area (Å²) in [4.78, 5) is 13.0. The largest absolute Gasteiger partial charge is 0.497 e. The zero-order valence-corrected chi connectivity index (χ0v) is 14.9. The van der Waals surface area contributed by atoms with Crippen LogP contribution < -0.4 is 10.1 Å². The number of carbonyl (C=O) groups is 1. The lowest BCUT2D eigenvalue weighted by Gasteiger charge is -2.31. The molecule has 2 saturated carbocycles. The molecule has 1 amide bonds. The Morgan fingerprint density at radius 2 is 2.04 bits per heavy atom. The van der Waals surface area contributed by atoms with E-state index < -0.39 is 0 Å². The normalized spacial score (nSPS) is 19.0. The minimum Gasteiger partial charge on any atom is -0.497 e. The van der Waals surface area contributed by atoms with Gasteiger partial charge in [0.15, 0.2) is 0 Å². The maximum atomic E-state index is 13.0. The van der Waals surface area contributed by atoms with Crippen molar-refractivity contribution in [3.8, 4) is 5.75 Å². The predicted octanol–water partition coefficient (Wildman–Crippen LogP) is 3.51. The zero-order chi connectivity index (χ0) is 17.4. The van der Waals surface area contributed by atoms with Crippen LogP contribution in [0.15, 0.2) is 30.3 Å². The molecule has 0 aliphatic heterocycles. The Hall–Kier alpha value is -2.30. The molecule has 0 bridgehead atoms. The average molecular weight is 339 g/mol. The molecule has 5 nitrogen and oxygen atoms in total. The van der Waals surface area contributed by atoms with Crippen molar-refractivity contribution in [2.75, 3.05) is 7.11 Å². The van der Waals surface area contributed by atoms with Crippen molar-refractivity contribution in [3.05, 3.63) is 47.3 Å². The molecule has 2 aliphatic carbocycles. The van der Waals surface area contributed by atoms with E-state index in [1.807, 2.05) is 31.3 Å². The van der Waals surface area contributed by atoms with Crippen LogP contribution in [0.3, 0.4) is 0 Å². The van der Waals surface area contributed by atoms with Crippen LogP contribution in [0, 0.1) is 0 Å². The van der Waals surface area contributed by atoms with E-state index in [1.54, 1.807) is 11.8 Å². The van der Waals surface area contributed by atoms with Crippen LogP contribution in [-0.4, -0.2) is 22.8 Å². The van der Waals surface area contributed by atoms with Gasteiger partial charge in [0.25, 0.3) is 5.91 Å². The number of nitrogens with zero attached hydrogens (tertiary/aromatic N) is 2. The SMILES string of the molecule is COc1cccc(C2(NC(=O)c3cc(C4CC4)nn3C)CCCC2)c1. The molecule has 4 rings (SSSR count). The summed E-state index contributed by atoms with van der Waals surface area (Å²) >= 11 is 0. The zero-order valence-electron chi connectivity index (χ0n) is 14.9. The Morgan fingerprint density at radius 3 is 2.72 bits per heavy atom. The molecule has 0 atom stereocenters. The number of aryl methyl sites for hydroxylation is 1. The van der Waals surface area contributed by atoms with E-state index in [-0.39, 0.29) is 11.4 Å². The maximum absolute atomic E-state index is 13.0. The van der Waals surface area contributed by atoms with Crippen LogP contribution in [0.2, 0.25) is 0 Å². The summed E-state index contributed by atoms with van der Waals surface area (Å²) in [5, 5.41) is 7.86. The van der Waals surface area contributed by atoms with Gasteiger partial charge in [0.2, 0.25) is 0 Å². The van der Waals surface area contributed by atoms with Gasteiger partial charge >= 0.3 is 0 Å². The predicted molar refractivity (Wildman–Crippen MR) is 95.8 cm³/mol. The molecular weight excluding hydrogens is 314 g/mol. The molecule has 1 N–H and O–H groups in total. The number of aromatic nitrogens is 2. The molecule has 0 saturated heterocycles. The lowest BCUT2D eigenvalue weighted by molar-refractivity contribution is 0.0888. The van der Waals surface area contributed by atoms with Crippen molar-refractivity contribution >= 4 is 5.91 Å². The smallest absolute Gasteiger partial charge is 0.270 e. The number of methoxy groups -OCH3 is 1. The van der Waals surface area contributed by atoms with Crippen LogP contribution in [0.4, 0.5) is 0 Å². The summed E-state index contributed by atoms with van der Waals surface area (Å²) in [6.07, 6.45) is 6.53. The standard InChI is InChI=1S/C20H25N3O2/c1-23-18(13-17(22-23)14-8-9-14)19(24)21-20(10-3-4-11-20)15-6-5-7-16(12-15)25-2/h5-7,12-14H,3-4,8-11H2,1-2H3,(H,21,24). The van der Waals surface area contributed by atoms with Crippen molar-refractivity contribution in [2.24, 2.45) is 7.05 Å². The lowest BCUT2D eigenvalue weighted by atomic mass is 9.87. The van der Waals surface area contributed by atoms with Crippen molar-refractivity contribution < 1.29 is 9.53 Å². The Kier molecular flexibility index (Phi) is 4.02. The summed E-state index contributed by atoms with van der Waals surface area (Å²) in [5.74, 6) is 1.34. The summed E-state index contributed by atoms with van der Waals surface area (Å²) in [6.45, 7) is 0. The van der Waals surface area contributed by atoms with E-state index in [0.717, 1.165) is 42.7 Å². The summed E-state index contributed by atoms with van der Waals surface area (Å²) in [7, 11) is 3.53. The van der Waals surface area contributed by atoms with Crippen molar-refractivity contribution in [1.82, 2.24) is 15.1 Å². The second-order valence-corrected chi connectivity index (χ2v) is 7.33. The Bertz CT molecular complexity index is 786. The third-order valence-electron chi connectivity index (χ3n) is 5.56. The van der Waals surface area contributed by atoms with Crippen LogP contribution in [0.25, 0.3) is 0 Å². The molecule has 2 aromatic rings. The molecule has 2 aliphatic rings. The number of rotatable bonds is 5. The number of ether oxygens (including phenoxy) is 1. The molecule has 0 radical (unpaired) electrons. The van der Waals surface area contributed by atoms with Crippen LogP contribution in [0.5, 0.6) is 5.75 Å².